The predicted molar refractivity (Wildman–Crippen MR) is 126 cm³/mol. The second-order valence-corrected chi connectivity index (χ2v) is 8.54. The molecule has 0 saturated heterocycles. The Bertz CT molecular complexity index is 613. The van der Waals surface area contributed by atoms with Crippen molar-refractivity contribution in [3.63, 3.8) is 0 Å². The van der Waals surface area contributed by atoms with Gasteiger partial charge in [-0.1, -0.05) is 31.5 Å². The third-order valence-electron chi connectivity index (χ3n) is 4.65. The first-order valence-corrected chi connectivity index (χ1v) is 11.2. The van der Waals surface area contributed by atoms with Gasteiger partial charge in [0.15, 0.2) is 5.96 Å². The molecule has 2 rings (SSSR count). The molecule has 0 heterocycles. The predicted octanol–water partition coefficient (Wildman–Crippen LogP) is 3.84. The maximum absolute atomic E-state index is 12.2. The van der Waals surface area contributed by atoms with Crippen LogP contribution in [-0.2, 0) is 17.3 Å². The Morgan fingerprint density at radius 2 is 2.04 bits per heavy atom. The highest BCUT2D eigenvalue weighted by Gasteiger charge is 2.26. The van der Waals surface area contributed by atoms with Crippen molar-refractivity contribution in [1.29, 1.82) is 0 Å². The standard InChI is InChI=1S/C20H33N3O2S.HI/c1-4-21-20(22-15-16-10-7-8-13-19(16)25-5-2)23-17-11-9-12-18(14-17)26(24)6-3;/h7-8,10,13,17-18H,4-6,9,11-12,14-15H2,1-3H3,(H2,21,22,23);1H. The first-order chi connectivity index (χ1) is 12.7. The van der Waals surface area contributed by atoms with Gasteiger partial charge in [-0.25, -0.2) is 4.99 Å². The summed E-state index contributed by atoms with van der Waals surface area (Å²) in [5.74, 6) is 2.47. The first kappa shape index (κ1) is 24.2. The molecule has 1 aromatic carbocycles. The smallest absolute Gasteiger partial charge is 0.191 e. The van der Waals surface area contributed by atoms with Crippen molar-refractivity contribution in [2.75, 3.05) is 18.9 Å². The fraction of sp³-hybridized carbons (Fsp3) is 0.650. The number of guanidine groups is 1. The van der Waals surface area contributed by atoms with Crippen LogP contribution in [0.3, 0.4) is 0 Å². The second kappa shape index (κ2) is 13.4. The van der Waals surface area contributed by atoms with Crippen molar-refractivity contribution in [1.82, 2.24) is 10.6 Å². The van der Waals surface area contributed by atoms with E-state index in [0.717, 1.165) is 55.3 Å². The molecule has 27 heavy (non-hydrogen) atoms. The van der Waals surface area contributed by atoms with Gasteiger partial charge in [-0.15, -0.1) is 24.0 Å². The molecule has 1 fully saturated rings. The van der Waals surface area contributed by atoms with Gasteiger partial charge in [0.05, 0.1) is 13.2 Å². The van der Waals surface area contributed by atoms with Gasteiger partial charge in [0, 0.05) is 40.0 Å². The van der Waals surface area contributed by atoms with Crippen LogP contribution >= 0.6 is 24.0 Å². The van der Waals surface area contributed by atoms with Crippen LogP contribution in [0, 0.1) is 0 Å². The van der Waals surface area contributed by atoms with Gasteiger partial charge in [0.25, 0.3) is 0 Å². The zero-order valence-corrected chi connectivity index (χ0v) is 19.8. The molecule has 0 aliphatic heterocycles. The van der Waals surface area contributed by atoms with Gasteiger partial charge in [-0.2, -0.15) is 0 Å². The maximum atomic E-state index is 12.2. The Balaban J connectivity index is 0.00000364. The Morgan fingerprint density at radius 1 is 1.26 bits per heavy atom. The lowest BCUT2D eigenvalue weighted by Crippen LogP contribution is -2.46. The molecule has 154 valence electrons. The van der Waals surface area contributed by atoms with Crippen LogP contribution in [-0.4, -0.2) is 40.4 Å². The molecular weight excluding hydrogens is 473 g/mol. The zero-order valence-electron chi connectivity index (χ0n) is 16.7. The van der Waals surface area contributed by atoms with Crippen molar-refractivity contribution in [2.24, 2.45) is 4.99 Å². The average Bonchev–Trinajstić information content (AvgIpc) is 2.67. The van der Waals surface area contributed by atoms with Crippen LogP contribution in [0.2, 0.25) is 0 Å². The van der Waals surface area contributed by atoms with Crippen molar-refractivity contribution >= 4 is 40.7 Å². The number of hydrogen-bond acceptors (Lipinski definition) is 3. The van der Waals surface area contributed by atoms with E-state index < -0.39 is 10.8 Å². The average molecular weight is 507 g/mol. The Labute approximate surface area is 183 Å². The van der Waals surface area contributed by atoms with Crippen LogP contribution in [0.15, 0.2) is 29.3 Å². The van der Waals surface area contributed by atoms with E-state index in [4.69, 9.17) is 9.73 Å². The molecule has 0 spiro atoms. The summed E-state index contributed by atoms with van der Waals surface area (Å²) in [5, 5.41) is 7.20. The maximum Gasteiger partial charge on any atom is 0.191 e. The highest BCUT2D eigenvalue weighted by atomic mass is 127. The fourth-order valence-electron chi connectivity index (χ4n) is 3.36. The minimum atomic E-state index is -0.708. The normalized spacial score (nSPS) is 21.1. The van der Waals surface area contributed by atoms with Crippen LogP contribution in [0.5, 0.6) is 5.75 Å². The topological polar surface area (TPSA) is 62.7 Å². The molecule has 0 bridgehead atoms. The van der Waals surface area contributed by atoms with E-state index in [0.29, 0.717) is 24.4 Å². The number of halogens is 1. The molecule has 1 aliphatic carbocycles. The third-order valence-corrected chi connectivity index (χ3v) is 6.39. The van der Waals surface area contributed by atoms with Gasteiger partial charge in [-0.05, 0) is 39.2 Å². The molecule has 5 nitrogen and oxygen atoms in total. The minimum absolute atomic E-state index is 0. The SMILES string of the molecule is CCNC(=NCc1ccccc1OCC)NC1CCCC(S(=O)CC)C1.I. The summed E-state index contributed by atoms with van der Waals surface area (Å²) in [4.78, 5) is 4.75. The molecular formula is C20H34IN3O2S. The molecule has 3 unspecified atom stereocenters. The zero-order chi connectivity index (χ0) is 18.8. The van der Waals surface area contributed by atoms with Gasteiger partial charge in [0.1, 0.15) is 5.75 Å². The molecule has 3 atom stereocenters. The summed E-state index contributed by atoms with van der Waals surface area (Å²) in [6.45, 7) is 8.11. The number of nitrogens with one attached hydrogen (secondary N) is 2. The largest absolute Gasteiger partial charge is 0.494 e. The number of benzene rings is 1. The summed E-state index contributed by atoms with van der Waals surface area (Å²) in [5.41, 5.74) is 1.08. The Kier molecular flexibility index (Phi) is 12.0. The number of rotatable bonds is 8. The summed E-state index contributed by atoms with van der Waals surface area (Å²) >= 11 is 0. The fourth-order valence-corrected chi connectivity index (χ4v) is 4.71. The van der Waals surface area contributed by atoms with E-state index in [9.17, 15) is 4.21 Å². The van der Waals surface area contributed by atoms with Gasteiger partial charge >= 0.3 is 0 Å². The minimum Gasteiger partial charge on any atom is -0.494 e. The summed E-state index contributed by atoms with van der Waals surface area (Å²) < 4.78 is 17.8. The van der Waals surface area contributed by atoms with Crippen molar-refractivity contribution in [2.45, 2.75) is 64.3 Å². The van der Waals surface area contributed by atoms with E-state index in [2.05, 4.69) is 23.6 Å². The van der Waals surface area contributed by atoms with Crippen molar-refractivity contribution in [3.8, 4) is 5.75 Å². The van der Waals surface area contributed by atoms with Crippen LogP contribution < -0.4 is 15.4 Å². The monoisotopic (exact) mass is 507 g/mol. The number of ether oxygens (including phenoxy) is 1. The Morgan fingerprint density at radius 3 is 2.74 bits per heavy atom. The van der Waals surface area contributed by atoms with E-state index >= 15 is 0 Å². The van der Waals surface area contributed by atoms with Crippen LogP contribution in [0.1, 0.15) is 52.0 Å². The van der Waals surface area contributed by atoms with Crippen molar-refractivity contribution < 1.29 is 8.95 Å². The lowest BCUT2D eigenvalue weighted by Gasteiger charge is -2.30. The first-order valence-electron chi connectivity index (χ1n) is 9.80. The molecule has 1 aromatic rings. The van der Waals surface area contributed by atoms with E-state index in [1.807, 2.05) is 32.0 Å². The number of para-hydroxylation sites is 1. The molecule has 2 N–H and O–H groups in total. The highest BCUT2D eigenvalue weighted by Crippen LogP contribution is 2.23. The molecule has 1 aliphatic rings. The molecule has 0 aromatic heterocycles. The van der Waals surface area contributed by atoms with Gasteiger partial charge in [0.2, 0.25) is 0 Å². The van der Waals surface area contributed by atoms with Crippen molar-refractivity contribution in [3.05, 3.63) is 29.8 Å². The van der Waals surface area contributed by atoms with Crippen LogP contribution in [0.4, 0.5) is 0 Å². The van der Waals surface area contributed by atoms with Gasteiger partial charge < -0.3 is 15.4 Å². The number of nitrogens with zero attached hydrogens (tertiary/aromatic N) is 1. The van der Waals surface area contributed by atoms with E-state index in [1.165, 1.54) is 0 Å². The quantitative estimate of drug-likeness (QED) is 0.319. The molecule has 7 heteroatoms. The van der Waals surface area contributed by atoms with E-state index in [-0.39, 0.29) is 24.0 Å². The second-order valence-electron chi connectivity index (χ2n) is 6.54. The molecule has 0 amide bonds. The summed E-state index contributed by atoms with van der Waals surface area (Å²) in [7, 11) is -0.708. The van der Waals surface area contributed by atoms with Gasteiger partial charge in [-0.3, -0.25) is 4.21 Å². The number of aliphatic imine (C=N–C) groups is 1. The number of hydrogen-bond donors (Lipinski definition) is 2. The lowest BCUT2D eigenvalue weighted by molar-refractivity contribution is 0.336. The highest BCUT2D eigenvalue weighted by molar-refractivity contribution is 14.0. The molecule has 0 radical (unpaired) electrons. The lowest BCUT2D eigenvalue weighted by atomic mass is 9.95. The van der Waals surface area contributed by atoms with E-state index in [1.54, 1.807) is 0 Å². The Hall–Kier alpha value is -0.830. The molecule has 1 saturated carbocycles. The summed E-state index contributed by atoms with van der Waals surface area (Å²) in [6, 6.07) is 8.38. The van der Waals surface area contributed by atoms with Crippen LogP contribution in [0.25, 0.3) is 0 Å². The third kappa shape index (κ3) is 7.97. The summed E-state index contributed by atoms with van der Waals surface area (Å²) in [6.07, 6.45) is 4.27.